The number of halogens is 1. The van der Waals surface area contributed by atoms with Gasteiger partial charge in [-0.1, -0.05) is 6.07 Å². The standard InChI is InChI=1S/C26H33IO/c27-22-7-21(1-2-23(22)28)24-8-19-6-20(9-24)14-26(13-19,15-24)25-10-16-3-17(11-25)5-18(4-16)12-25/h1-2,7,16-20,28H,3-6,8-15H2. The lowest BCUT2D eigenvalue weighted by molar-refractivity contribution is -0.205. The van der Waals surface area contributed by atoms with Gasteiger partial charge in [0.2, 0.25) is 0 Å². The van der Waals surface area contributed by atoms with Crippen LogP contribution in [0, 0.1) is 44.0 Å². The van der Waals surface area contributed by atoms with Gasteiger partial charge in [0.05, 0.1) is 3.57 Å². The van der Waals surface area contributed by atoms with Crippen LogP contribution in [0.15, 0.2) is 18.2 Å². The number of hydrogen-bond donors (Lipinski definition) is 1. The molecule has 1 aromatic rings. The van der Waals surface area contributed by atoms with E-state index < -0.39 is 0 Å². The van der Waals surface area contributed by atoms with E-state index >= 15 is 0 Å². The highest BCUT2D eigenvalue weighted by molar-refractivity contribution is 14.1. The van der Waals surface area contributed by atoms with E-state index in [4.69, 9.17) is 0 Å². The zero-order valence-electron chi connectivity index (χ0n) is 16.9. The normalized spacial score (nSPS) is 53.1. The maximum Gasteiger partial charge on any atom is 0.128 e. The van der Waals surface area contributed by atoms with Crippen molar-refractivity contribution in [3.63, 3.8) is 0 Å². The van der Waals surface area contributed by atoms with E-state index in [1.54, 1.807) is 56.9 Å². The van der Waals surface area contributed by atoms with Crippen molar-refractivity contribution >= 4 is 22.6 Å². The van der Waals surface area contributed by atoms with E-state index in [0.717, 1.165) is 33.2 Å². The molecule has 0 aromatic heterocycles. The van der Waals surface area contributed by atoms with Crippen molar-refractivity contribution in [3.05, 3.63) is 27.3 Å². The molecule has 0 aliphatic heterocycles. The van der Waals surface area contributed by atoms with E-state index in [1.807, 2.05) is 6.07 Å². The first-order valence-electron chi connectivity index (χ1n) is 12.0. The van der Waals surface area contributed by atoms with Crippen molar-refractivity contribution in [2.24, 2.45) is 40.4 Å². The van der Waals surface area contributed by atoms with E-state index in [-0.39, 0.29) is 0 Å². The molecule has 1 nitrogen and oxygen atoms in total. The second kappa shape index (κ2) is 5.51. The second-order valence-electron chi connectivity index (χ2n) is 12.4. The van der Waals surface area contributed by atoms with E-state index in [0.29, 0.717) is 22.0 Å². The van der Waals surface area contributed by atoms with Gasteiger partial charge in [0.25, 0.3) is 0 Å². The Balaban J connectivity index is 1.33. The molecule has 0 heterocycles. The third-order valence-electron chi connectivity index (χ3n) is 10.8. The van der Waals surface area contributed by atoms with Gasteiger partial charge in [0.15, 0.2) is 0 Å². The zero-order valence-corrected chi connectivity index (χ0v) is 19.1. The summed E-state index contributed by atoms with van der Waals surface area (Å²) in [6.45, 7) is 0. The Bertz CT molecular complexity index is 792. The third-order valence-corrected chi connectivity index (χ3v) is 11.6. The third kappa shape index (κ3) is 2.20. The van der Waals surface area contributed by atoms with Crippen LogP contribution in [-0.2, 0) is 5.41 Å². The molecule has 2 heteroatoms. The molecule has 0 saturated heterocycles. The van der Waals surface area contributed by atoms with Crippen molar-refractivity contribution in [1.29, 1.82) is 0 Å². The van der Waals surface area contributed by atoms with Crippen LogP contribution in [0.2, 0.25) is 0 Å². The van der Waals surface area contributed by atoms with Crippen molar-refractivity contribution < 1.29 is 5.11 Å². The molecule has 1 N–H and O–H groups in total. The Kier molecular flexibility index (Phi) is 3.43. The van der Waals surface area contributed by atoms with Crippen LogP contribution in [0.3, 0.4) is 0 Å². The second-order valence-corrected chi connectivity index (χ2v) is 13.5. The average molecular weight is 488 g/mol. The molecule has 150 valence electrons. The monoisotopic (exact) mass is 488 g/mol. The van der Waals surface area contributed by atoms with Crippen molar-refractivity contribution in [2.45, 2.75) is 82.5 Å². The highest BCUT2D eigenvalue weighted by Gasteiger charge is 2.67. The van der Waals surface area contributed by atoms with E-state index in [9.17, 15) is 5.11 Å². The van der Waals surface area contributed by atoms with Gasteiger partial charge < -0.3 is 5.11 Å². The predicted octanol–water partition coefficient (Wildman–Crippen LogP) is 7.05. The maximum atomic E-state index is 10.1. The predicted molar refractivity (Wildman–Crippen MR) is 120 cm³/mol. The maximum absolute atomic E-state index is 10.1. The smallest absolute Gasteiger partial charge is 0.128 e. The zero-order chi connectivity index (χ0) is 18.7. The molecule has 2 unspecified atom stereocenters. The minimum atomic E-state index is 0.418. The van der Waals surface area contributed by atoms with Gasteiger partial charge in [-0.2, -0.15) is 0 Å². The fraction of sp³-hybridized carbons (Fsp3) is 0.769. The van der Waals surface area contributed by atoms with Gasteiger partial charge in [0, 0.05) is 0 Å². The topological polar surface area (TPSA) is 20.2 Å². The first-order valence-corrected chi connectivity index (χ1v) is 13.0. The summed E-state index contributed by atoms with van der Waals surface area (Å²) in [6.07, 6.45) is 18.4. The molecule has 0 radical (unpaired) electrons. The van der Waals surface area contributed by atoms with Crippen molar-refractivity contribution in [3.8, 4) is 5.75 Å². The van der Waals surface area contributed by atoms with Gasteiger partial charge in [0.1, 0.15) is 5.75 Å². The molecule has 8 fully saturated rings. The number of rotatable bonds is 2. The number of phenols is 1. The first-order chi connectivity index (χ1) is 13.5. The van der Waals surface area contributed by atoms with Gasteiger partial charge in [-0.15, -0.1) is 0 Å². The fourth-order valence-electron chi connectivity index (χ4n) is 10.8. The molecule has 8 bridgehead atoms. The Morgan fingerprint density at radius 2 is 1.25 bits per heavy atom. The summed E-state index contributed by atoms with van der Waals surface area (Å²) >= 11 is 2.34. The fourth-order valence-corrected chi connectivity index (χ4v) is 11.3. The lowest BCUT2D eigenvalue weighted by Crippen LogP contribution is -2.63. The van der Waals surface area contributed by atoms with Crippen LogP contribution >= 0.6 is 22.6 Å². The van der Waals surface area contributed by atoms with Crippen LogP contribution in [0.25, 0.3) is 0 Å². The molecule has 8 aliphatic carbocycles. The molecular formula is C26H33IO. The summed E-state index contributed by atoms with van der Waals surface area (Å²) in [5, 5.41) is 10.1. The van der Waals surface area contributed by atoms with Gasteiger partial charge in [-0.3, -0.25) is 0 Å². The summed E-state index contributed by atoms with van der Waals surface area (Å²) in [4.78, 5) is 0. The molecule has 1 aromatic carbocycles. The number of benzene rings is 1. The SMILES string of the molecule is Oc1ccc(C23CC4CC(C2)CC(C25CC6CC(CC(C6)C2)C5)(C4)C3)cc1I. The largest absolute Gasteiger partial charge is 0.507 e. The average Bonchev–Trinajstić information content (AvgIpc) is 2.62. The Labute approximate surface area is 183 Å². The van der Waals surface area contributed by atoms with Crippen molar-refractivity contribution in [1.82, 2.24) is 0 Å². The van der Waals surface area contributed by atoms with Gasteiger partial charge >= 0.3 is 0 Å². The lowest BCUT2D eigenvalue weighted by Gasteiger charge is -2.72. The molecule has 0 spiro atoms. The van der Waals surface area contributed by atoms with E-state index in [1.165, 1.54) is 25.7 Å². The molecule has 8 saturated carbocycles. The van der Waals surface area contributed by atoms with Gasteiger partial charge in [-0.05, 0) is 163 Å². The lowest BCUT2D eigenvalue weighted by atomic mass is 9.32. The quantitative estimate of drug-likeness (QED) is 0.443. The number of hydrogen-bond acceptors (Lipinski definition) is 1. The molecule has 9 rings (SSSR count). The molecule has 2 atom stereocenters. The Morgan fingerprint density at radius 1 is 0.714 bits per heavy atom. The molecular weight excluding hydrogens is 455 g/mol. The van der Waals surface area contributed by atoms with Crippen LogP contribution in [0.4, 0.5) is 0 Å². The van der Waals surface area contributed by atoms with Crippen LogP contribution in [0.1, 0.15) is 82.6 Å². The summed E-state index contributed by atoms with van der Waals surface area (Å²) in [5.41, 5.74) is 3.34. The highest BCUT2D eigenvalue weighted by atomic mass is 127. The minimum Gasteiger partial charge on any atom is -0.507 e. The van der Waals surface area contributed by atoms with Crippen LogP contribution in [-0.4, -0.2) is 5.11 Å². The summed E-state index contributed by atoms with van der Waals surface area (Å²) in [5.74, 6) is 5.63. The first kappa shape index (κ1) is 17.4. The molecule has 28 heavy (non-hydrogen) atoms. The number of phenolic OH excluding ortho intramolecular Hbond substituents is 1. The Hall–Kier alpha value is -0.250. The highest BCUT2D eigenvalue weighted by Crippen LogP contribution is 2.77. The van der Waals surface area contributed by atoms with Gasteiger partial charge in [-0.25, -0.2) is 0 Å². The summed E-state index contributed by atoms with van der Waals surface area (Å²) in [6, 6.07) is 6.61. The minimum absolute atomic E-state index is 0.418. The summed E-state index contributed by atoms with van der Waals surface area (Å²) < 4.78 is 1.05. The Morgan fingerprint density at radius 3 is 1.82 bits per heavy atom. The molecule has 0 amide bonds. The number of aromatic hydroxyl groups is 1. The van der Waals surface area contributed by atoms with Crippen molar-refractivity contribution in [2.75, 3.05) is 0 Å². The molecule has 8 aliphatic rings. The van der Waals surface area contributed by atoms with E-state index in [2.05, 4.69) is 34.7 Å². The van der Waals surface area contributed by atoms with Crippen LogP contribution in [0.5, 0.6) is 5.75 Å². The van der Waals surface area contributed by atoms with Crippen LogP contribution < -0.4 is 0 Å². The summed E-state index contributed by atoms with van der Waals surface area (Å²) in [7, 11) is 0.